The molecule has 4 heteroatoms. The van der Waals surface area contributed by atoms with E-state index < -0.39 is 0 Å². The van der Waals surface area contributed by atoms with Crippen molar-refractivity contribution in [2.24, 2.45) is 0 Å². The van der Waals surface area contributed by atoms with Crippen molar-refractivity contribution in [3.8, 4) is 0 Å². The molecule has 0 amide bonds. The van der Waals surface area contributed by atoms with Crippen LogP contribution in [0.3, 0.4) is 0 Å². The molecule has 0 spiro atoms. The van der Waals surface area contributed by atoms with Gasteiger partial charge in [-0.25, -0.2) is 4.98 Å². The van der Waals surface area contributed by atoms with E-state index in [9.17, 15) is 0 Å². The average molecular weight is 220 g/mol. The van der Waals surface area contributed by atoms with Crippen LogP contribution < -0.4 is 0 Å². The Balaban J connectivity index is 2.05. The Morgan fingerprint density at radius 3 is 2.47 bits per heavy atom. The predicted octanol–water partition coefficient (Wildman–Crippen LogP) is 2.54. The summed E-state index contributed by atoms with van der Waals surface area (Å²) in [5.74, 6) is 0.888. The maximum atomic E-state index is 5.73. The van der Waals surface area contributed by atoms with Crippen molar-refractivity contribution < 1.29 is 0 Å². The number of hydrogen-bond donors (Lipinski definition) is 1. The smallest absolute Gasteiger partial charge is 0.242 e. The molecule has 1 aliphatic carbocycles. The van der Waals surface area contributed by atoms with E-state index in [2.05, 4.69) is 27.3 Å². The summed E-state index contributed by atoms with van der Waals surface area (Å²) in [6.07, 6.45) is 2.23. The molecule has 3 nitrogen and oxygen atoms in total. The molecule has 3 rings (SSSR count). The van der Waals surface area contributed by atoms with E-state index in [4.69, 9.17) is 11.6 Å². The van der Waals surface area contributed by atoms with Crippen LogP contribution in [0.2, 0.25) is 5.28 Å². The van der Waals surface area contributed by atoms with Crippen molar-refractivity contribution >= 4 is 11.6 Å². The molecule has 1 aromatic heterocycles. The van der Waals surface area contributed by atoms with Crippen LogP contribution in [0, 0.1) is 0 Å². The molecule has 1 saturated carbocycles. The van der Waals surface area contributed by atoms with Gasteiger partial charge in [-0.3, -0.25) is 5.10 Å². The highest BCUT2D eigenvalue weighted by Gasteiger charge is 2.48. The molecule has 2 aromatic rings. The zero-order valence-corrected chi connectivity index (χ0v) is 8.83. The van der Waals surface area contributed by atoms with Gasteiger partial charge in [-0.15, -0.1) is 5.10 Å². The Labute approximate surface area is 92.5 Å². The first-order valence-corrected chi connectivity index (χ1v) is 5.33. The lowest BCUT2D eigenvalue weighted by Gasteiger charge is -2.11. The van der Waals surface area contributed by atoms with Gasteiger partial charge in [0, 0.05) is 0 Å². The van der Waals surface area contributed by atoms with E-state index in [-0.39, 0.29) is 5.41 Å². The van der Waals surface area contributed by atoms with E-state index in [1.807, 2.05) is 18.2 Å². The van der Waals surface area contributed by atoms with Gasteiger partial charge in [0.2, 0.25) is 5.28 Å². The molecule has 0 atom stereocenters. The van der Waals surface area contributed by atoms with Gasteiger partial charge in [-0.2, -0.15) is 0 Å². The topological polar surface area (TPSA) is 41.6 Å². The zero-order valence-electron chi connectivity index (χ0n) is 8.07. The first-order chi connectivity index (χ1) is 7.31. The quantitative estimate of drug-likeness (QED) is 0.844. The van der Waals surface area contributed by atoms with E-state index in [0.717, 1.165) is 18.7 Å². The van der Waals surface area contributed by atoms with Crippen molar-refractivity contribution in [2.75, 3.05) is 0 Å². The minimum atomic E-state index is 0.0431. The highest BCUT2D eigenvalue weighted by Crippen LogP contribution is 2.52. The van der Waals surface area contributed by atoms with Gasteiger partial charge >= 0.3 is 0 Å². The van der Waals surface area contributed by atoms with Crippen molar-refractivity contribution in [3.63, 3.8) is 0 Å². The third kappa shape index (κ3) is 1.35. The average Bonchev–Trinajstić information content (AvgIpc) is 2.98. The minimum absolute atomic E-state index is 0.0431. The molecule has 0 bridgehead atoms. The van der Waals surface area contributed by atoms with Crippen molar-refractivity contribution in [2.45, 2.75) is 18.3 Å². The number of rotatable bonds is 2. The summed E-state index contributed by atoms with van der Waals surface area (Å²) in [4.78, 5) is 4.22. The Morgan fingerprint density at radius 1 is 1.20 bits per heavy atom. The molecule has 1 N–H and O–H groups in total. The van der Waals surface area contributed by atoms with Crippen molar-refractivity contribution in [3.05, 3.63) is 47.0 Å². The number of aromatic nitrogens is 3. The molecule has 1 fully saturated rings. The van der Waals surface area contributed by atoms with Gasteiger partial charge in [-0.1, -0.05) is 30.3 Å². The second kappa shape index (κ2) is 3.07. The van der Waals surface area contributed by atoms with Gasteiger partial charge in [0.15, 0.2) is 0 Å². The highest BCUT2D eigenvalue weighted by molar-refractivity contribution is 6.28. The van der Waals surface area contributed by atoms with Crippen LogP contribution in [0.25, 0.3) is 0 Å². The molecule has 0 radical (unpaired) electrons. The summed E-state index contributed by atoms with van der Waals surface area (Å²) in [6.45, 7) is 0. The van der Waals surface area contributed by atoms with Crippen LogP contribution >= 0.6 is 11.6 Å². The van der Waals surface area contributed by atoms with Gasteiger partial charge in [0.25, 0.3) is 0 Å². The van der Waals surface area contributed by atoms with Crippen molar-refractivity contribution in [1.82, 2.24) is 15.2 Å². The van der Waals surface area contributed by atoms with E-state index in [1.165, 1.54) is 5.56 Å². The fourth-order valence-electron chi connectivity index (χ4n) is 2.00. The first-order valence-electron chi connectivity index (χ1n) is 4.95. The van der Waals surface area contributed by atoms with Gasteiger partial charge in [-0.05, 0) is 30.0 Å². The molecule has 15 heavy (non-hydrogen) atoms. The molecule has 1 aliphatic rings. The van der Waals surface area contributed by atoms with Crippen LogP contribution in [0.4, 0.5) is 0 Å². The number of nitrogens with one attached hydrogen (secondary N) is 1. The number of aromatic amines is 1. The van der Waals surface area contributed by atoms with Crippen LogP contribution in [0.5, 0.6) is 0 Å². The van der Waals surface area contributed by atoms with Crippen LogP contribution in [0.1, 0.15) is 24.2 Å². The van der Waals surface area contributed by atoms with Crippen LogP contribution in [-0.4, -0.2) is 15.2 Å². The molecular weight excluding hydrogens is 210 g/mol. The Kier molecular flexibility index (Phi) is 1.83. The third-order valence-electron chi connectivity index (χ3n) is 2.99. The highest BCUT2D eigenvalue weighted by atomic mass is 35.5. The second-order valence-corrected chi connectivity index (χ2v) is 4.24. The normalized spacial score (nSPS) is 17.7. The Bertz CT molecular complexity index is 474. The molecule has 0 aliphatic heterocycles. The molecule has 1 aromatic carbocycles. The lowest BCUT2D eigenvalue weighted by Crippen LogP contribution is -2.10. The number of H-pyrrole nitrogens is 1. The van der Waals surface area contributed by atoms with Crippen molar-refractivity contribution in [1.29, 1.82) is 0 Å². The number of benzene rings is 1. The second-order valence-electron chi connectivity index (χ2n) is 3.90. The molecule has 76 valence electrons. The molecule has 1 heterocycles. The lowest BCUT2D eigenvalue weighted by molar-refractivity contribution is 0.761. The number of halogens is 1. The van der Waals surface area contributed by atoms with Gasteiger partial charge < -0.3 is 0 Å². The van der Waals surface area contributed by atoms with E-state index in [0.29, 0.717) is 5.28 Å². The van der Waals surface area contributed by atoms with E-state index in [1.54, 1.807) is 0 Å². The number of hydrogen-bond acceptors (Lipinski definition) is 2. The van der Waals surface area contributed by atoms with Crippen LogP contribution in [-0.2, 0) is 5.41 Å². The summed E-state index contributed by atoms with van der Waals surface area (Å²) in [7, 11) is 0. The monoisotopic (exact) mass is 219 g/mol. The largest absolute Gasteiger partial charge is 0.261 e. The fraction of sp³-hybridized carbons (Fsp3) is 0.273. The zero-order chi connectivity index (χ0) is 10.3. The summed E-state index contributed by atoms with van der Waals surface area (Å²) >= 11 is 5.73. The predicted molar refractivity (Wildman–Crippen MR) is 57.8 cm³/mol. The lowest BCUT2D eigenvalue weighted by atomic mass is 9.95. The van der Waals surface area contributed by atoms with Gasteiger partial charge in [0.1, 0.15) is 5.82 Å². The third-order valence-corrected chi connectivity index (χ3v) is 3.16. The molecule has 0 unspecified atom stereocenters. The molecule has 0 saturated heterocycles. The molecular formula is C11H10ClN3. The Hall–Kier alpha value is -1.35. The SMILES string of the molecule is Clc1n[nH]c(C2(c3ccccc3)CC2)n1. The summed E-state index contributed by atoms with van der Waals surface area (Å²) < 4.78 is 0. The van der Waals surface area contributed by atoms with E-state index >= 15 is 0 Å². The maximum Gasteiger partial charge on any atom is 0.242 e. The Morgan fingerprint density at radius 2 is 1.93 bits per heavy atom. The summed E-state index contributed by atoms with van der Waals surface area (Å²) in [6, 6.07) is 10.4. The summed E-state index contributed by atoms with van der Waals surface area (Å²) in [5, 5.41) is 7.09. The standard InChI is InChI=1S/C11H10ClN3/c12-10-13-9(14-15-10)11(6-7-11)8-4-2-1-3-5-8/h1-5H,6-7H2,(H,13,14,15). The first kappa shape index (κ1) is 8.92. The number of nitrogens with zero attached hydrogens (tertiary/aromatic N) is 2. The fourth-order valence-corrected chi connectivity index (χ4v) is 2.13. The van der Waals surface area contributed by atoms with Crippen LogP contribution in [0.15, 0.2) is 30.3 Å². The minimum Gasteiger partial charge on any atom is -0.261 e. The maximum absolute atomic E-state index is 5.73. The van der Waals surface area contributed by atoms with Gasteiger partial charge in [0.05, 0.1) is 5.41 Å². The summed E-state index contributed by atoms with van der Waals surface area (Å²) in [5.41, 5.74) is 1.33.